The van der Waals surface area contributed by atoms with Crippen LogP contribution in [0.25, 0.3) is 27.8 Å². The molecule has 0 saturated heterocycles. The highest BCUT2D eigenvalue weighted by Gasteiger charge is 2.30. The molecule has 1 N–H and O–H groups in total. The van der Waals surface area contributed by atoms with Gasteiger partial charge in [-0.2, -0.15) is 23.4 Å². The van der Waals surface area contributed by atoms with Crippen LogP contribution in [0.3, 0.4) is 0 Å². The number of anilines is 2. The first kappa shape index (κ1) is 20.7. The van der Waals surface area contributed by atoms with Crippen LogP contribution >= 0.6 is 11.8 Å². The molecule has 5 aromatic rings. The second-order valence-corrected chi connectivity index (χ2v) is 9.03. The molecule has 0 aliphatic carbocycles. The first-order chi connectivity index (χ1) is 16.4. The third kappa shape index (κ3) is 3.49. The molecular formula is C25H16F3N5S. The fourth-order valence-corrected chi connectivity index (χ4v) is 4.94. The lowest BCUT2D eigenvalue weighted by Gasteiger charge is -2.21. The molecule has 0 unspecified atom stereocenters. The highest BCUT2D eigenvalue weighted by Crippen LogP contribution is 2.45. The maximum atomic E-state index is 12.9. The molecule has 0 atom stereocenters. The molecule has 0 bridgehead atoms. The average Bonchev–Trinajstić information content (AvgIpc) is 3.29. The van der Waals surface area contributed by atoms with Crippen LogP contribution in [0.2, 0.25) is 0 Å². The molecule has 1 aliphatic rings. The number of para-hydroxylation sites is 1. The number of hydrogen-bond acceptors (Lipinski definition) is 5. The number of hydrogen-bond donors (Lipinski definition) is 1. The average molecular weight is 475 g/mol. The molecule has 0 amide bonds. The molecule has 0 spiro atoms. The van der Waals surface area contributed by atoms with Gasteiger partial charge >= 0.3 is 6.18 Å². The normalized spacial score (nSPS) is 12.8. The molecule has 1 aliphatic heterocycles. The monoisotopic (exact) mass is 475 g/mol. The number of alkyl halides is 3. The summed E-state index contributed by atoms with van der Waals surface area (Å²) in [4.78, 5) is 2.28. The zero-order valence-electron chi connectivity index (χ0n) is 17.8. The summed E-state index contributed by atoms with van der Waals surface area (Å²) in [6, 6.07) is 19.1. The van der Waals surface area contributed by atoms with Gasteiger partial charge in [-0.05, 0) is 55.5 Å². The largest absolute Gasteiger partial charge is 0.416 e. The van der Waals surface area contributed by atoms with Crippen LogP contribution < -0.4 is 5.32 Å². The van der Waals surface area contributed by atoms with Gasteiger partial charge in [0.15, 0.2) is 0 Å². The number of benzene rings is 3. The topological polar surface area (TPSA) is 55.6 Å². The summed E-state index contributed by atoms with van der Waals surface area (Å²) in [5.41, 5.74) is 4.67. The zero-order valence-corrected chi connectivity index (χ0v) is 18.6. The first-order valence-electron chi connectivity index (χ1n) is 10.5. The number of nitrogens with one attached hydrogen (secondary N) is 1. The van der Waals surface area contributed by atoms with Crippen molar-refractivity contribution < 1.29 is 13.2 Å². The Bertz CT molecular complexity index is 1560. The Labute approximate surface area is 196 Å². The predicted octanol–water partition coefficient (Wildman–Crippen LogP) is 7.02. The van der Waals surface area contributed by atoms with Crippen molar-refractivity contribution in [1.82, 2.24) is 20.0 Å². The van der Waals surface area contributed by atoms with Crippen molar-refractivity contribution in [2.45, 2.75) is 22.9 Å². The van der Waals surface area contributed by atoms with Crippen LogP contribution in [-0.2, 0) is 6.18 Å². The van der Waals surface area contributed by atoms with E-state index in [4.69, 9.17) is 0 Å². The van der Waals surface area contributed by atoms with Crippen molar-refractivity contribution in [3.63, 3.8) is 0 Å². The summed E-state index contributed by atoms with van der Waals surface area (Å²) in [6.45, 7) is 1.81. The maximum Gasteiger partial charge on any atom is 0.416 e. The number of aromatic nitrogens is 4. The van der Waals surface area contributed by atoms with Gasteiger partial charge in [0.25, 0.3) is 0 Å². The van der Waals surface area contributed by atoms with E-state index in [1.165, 1.54) is 12.1 Å². The third-order valence-electron chi connectivity index (χ3n) is 5.70. The van der Waals surface area contributed by atoms with E-state index >= 15 is 0 Å². The summed E-state index contributed by atoms with van der Waals surface area (Å²) in [5.74, 6) is 0. The van der Waals surface area contributed by atoms with Gasteiger partial charge in [-0.3, -0.25) is 0 Å². The molecule has 168 valence electrons. The van der Waals surface area contributed by atoms with Crippen LogP contribution in [0.5, 0.6) is 0 Å². The number of aryl methyl sites for hydroxylation is 1. The van der Waals surface area contributed by atoms with Crippen LogP contribution in [-0.4, -0.2) is 20.0 Å². The SMILES string of the molecule is Cc1nnc(-c2ccc3c(c2)Nc2ccccc2S3)c2cn(-c3ccc(C(F)(F)F)cc3)nc12. The summed E-state index contributed by atoms with van der Waals surface area (Å²) in [5, 5.41) is 17.6. The number of fused-ring (bicyclic) bond motifs is 3. The summed E-state index contributed by atoms with van der Waals surface area (Å²) < 4.78 is 40.4. The zero-order chi connectivity index (χ0) is 23.4. The summed E-state index contributed by atoms with van der Waals surface area (Å²) >= 11 is 1.70. The predicted molar refractivity (Wildman–Crippen MR) is 126 cm³/mol. The number of nitrogens with zero attached hydrogens (tertiary/aromatic N) is 4. The van der Waals surface area contributed by atoms with Gasteiger partial charge in [0.05, 0.1) is 33.7 Å². The van der Waals surface area contributed by atoms with E-state index < -0.39 is 11.7 Å². The second-order valence-electron chi connectivity index (χ2n) is 7.95. The molecule has 5 nitrogen and oxygen atoms in total. The summed E-state index contributed by atoms with van der Waals surface area (Å²) in [7, 11) is 0. The Morgan fingerprint density at radius 2 is 1.65 bits per heavy atom. The van der Waals surface area contributed by atoms with Gasteiger partial charge in [-0.15, -0.1) is 5.10 Å². The lowest BCUT2D eigenvalue weighted by Crippen LogP contribution is -2.05. The Morgan fingerprint density at radius 3 is 2.44 bits per heavy atom. The van der Waals surface area contributed by atoms with E-state index in [2.05, 4.69) is 26.7 Å². The molecule has 9 heteroatoms. The lowest BCUT2D eigenvalue weighted by atomic mass is 10.1. The molecule has 3 aromatic carbocycles. The molecule has 34 heavy (non-hydrogen) atoms. The molecule has 0 radical (unpaired) electrons. The number of halogens is 3. The van der Waals surface area contributed by atoms with Crippen LogP contribution in [0.15, 0.2) is 82.7 Å². The van der Waals surface area contributed by atoms with Crippen LogP contribution in [0.1, 0.15) is 11.3 Å². The van der Waals surface area contributed by atoms with E-state index in [0.29, 0.717) is 22.6 Å². The van der Waals surface area contributed by atoms with E-state index in [1.807, 2.05) is 43.3 Å². The quantitative estimate of drug-likeness (QED) is 0.292. The minimum atomic E-state index is -4.38. The molecule has 2 aromatic heterocycles. The van der Waals surface area contributed by atoms with Gasteiger partial charge in [-0.1, -0.05) is 30.0 Å². The van der Waals surface area contributed by atoms with Gasteiger partial charge in [0, 0.05) is 21.6 Å². The van der Waals surface area contributed by atoms with Crippen molar-refractivity contribution in [3.8, 4) is 16.9 Å². The minimum Gasteiger partial charge on any atom is -0.354 e. The maximum absolute atomic E-state index is 12.9. The molecule has 0 fully saturated rings. The van der Waals surface area contributed by atoms with E-state index in [0.717, 1.165) is 44.2 Å². The van der Waals surface area contributed by atoms with Crippen molar-refractivity contribution in [1.29, 1.82) is 0 Å². The Hall–Kier alpha value is -3.85. The first-order valence-corrected chi connectivity index (χ1v) is 11.3. The molecular weight excluding hydrogens is 459 g/mol. The second kappa shape index (κ2) is 7.59. The van der Waals surface area contributed by atoms with Crippen molar-refractivity contribution in [2.75, 3.05) is 5.32 Å². The van der Waals surface area contributed by atoms with E-state index in [9.17, 15) is 13.2 Å². The smallest absolute Gasteiger partial charge is 0.354 e. The summed E-state index contributed by atoms with van der Waals surface area (Å²) in [6.07, 6.45) is -2.60. The minimum absolute atomic E-state index is 0.523. The van der Waals surface area contributed by atoms with Gasteiger partial charge < -0.3 is 5.32 Å². The Balaban J connectivity index is 1.42. The Kier molecular flexibility index (Phi) is 4.63. The van der Waals surface area contributed by atoms with Gasteiger partial charge in [0.2, 0.25) is 0 Å². The fourth-order valence-electron chi connectivity index (χ4n) is 3.98. The highest BCUT2D eigenvalue weighted by molar-refractivity contribution is 7.99. The highest BCUT2D eigenvalue weighted by atomic mass is 32.2. The van der Waals surface area contributed by atoms with Crippen molar-refractivity contribution in [2.24, 2.45) is 0 Å². The van der Waals surface area contributed by atoms with Crippen LogP contribution in [0, 0.1) is 6.92 Å². The molecule has 0 saturated carbocycles. The van der Waals surface area contributed by atoms with Gasteiger partial charge in [0.1, 0.15) is 11.2 Å². The van der Waals surface area contributed by atoms with Crippen molar-refractivity contribution in [3.05, 3.63) is 84.2 Å². The lowest BCUT2D eigenvalue weighted by molar-refractivity contribution is -0.137. The van der Waals surface area contributed by atoms with Crippen LogP contribution in [0.4, 0.5) is 24.5 Å². The van der Waals surface area contributed by atoms with E-state index in [1.54, 1.807) is 22.6 Å². The standard InChI is InChI=1S/C25H16F3N5S/c1-14-23-18(13-33(32-23)17-9-7-16(8-10-17)25(26,27)28)24(31-30-14)15-6-11-22-20(12-15)29-19-4-2-3-5-21(19)34-22/h2-13,29H,1H3. The Morgan fingerprint density at radius 1 is 0.882 bits per heavy atom. The molecule has 3 heterocycles. The number of rotatable bonds is 2. The van der Waals surface area contributed by atoms with Crippen molar-refractivity contribution >= 4 is 34.0 Å². The van der Waals surface area contributed by atoms with Gasteiger partial charge in [-0.25, -0.2) is 4.68 Å². The molecule has 6 rings (SSSR count). The fraction of sp³-hybridized carbons (Fsp3) is 0.0800. The van der Waals surface area contributed by atoms with E-state index in [-0.39, 0.29) is 0 Å². The third-order valence-corrected chi connectivity index (χ3v) is 6.85.